The van der Waals surface area contributed by atoms with Gasteiger partial charge in [-0.3, -0.25) is 4.98 Å². The molecule has 0 saturated carbocycles. The molecule has 5 rings (SSSR count). The molecule has 0 amide bonds. The van der Waals surface area contributed by atoms with Crippen molar-refractivity contribution >= 4 is 15.7 Å². The number of hydrogen-bond acceptors (Lipinski definition) is 5. The van der Waals surface area contributed by atoms with Gasteiger partial charge in [0.25, 0.3) is 0 Å². The highest BCUT2D eigenvalue weighted by Gasteiger charge is 2.33. The SMILES string of the molecule is Cc1ncc(CN2CC(Cc3cccnc3)N(S(C)(=O)=O)Cc3cc(-c4ccccc4)ccc32)[nH]1. The van der Waals surface area contributed by atoms with E-state index in [-0.39, 0.29) is 6.04 Å². The fraction of sp³-hybridized carbons (Fsp3) is 0.259. The zero-order valence-electron chi connectivity index (χ0n) is 19.9. The number of aromatic nitrogens is 3. The second kappa shape index (κ2) is 9.64. The molecule has 0 bridgehead atoms. The molecule has 1 N–H and O–H groups in total. The fourth-order valence-corrected chi connectivity index (χ4v) is 5.88. The van der Waals surface area contributed by atoms with E-state index in [9.17, 15) is 8.42 Å². The maximum Gasteiger partial charge on any atom is 0.211 e. The molecule has 1 aliphatic heterocycles. The molecule has 0 radical (unpaired) electrons. The Morgan fingerprint density at radius 3 is 2.54 bits per heavy atom. The molecule has 7 nitrogen and oxygen atoms in total. The van der Waals surface area contributed by atoms with Crippen LogP contribution in [0.15, 0.2) is 79.3 Å². The number of anilines is 1. The predicted molar refractivity (Wildman–Crippen MR) is 138 cm³/mol. The van der Waals surface area contributed by atoms with Gasteiger partial charge in [0.15, 0.2) is 0 Å². The topological polar surface area (TPSA) is 82.2 Å². The number of aromatic amines is 1. The summed E-state index contributed by atoms with van der Waals surface area (Å²) in [5.41, 5.74) is 6.21. The Balaban J connectivity index is 1.59. The highest BCUT2D eigenvalue weighted by molar-refractivity contribution is 7.88. The van der Waals surface area contributed by atoms with E-state index in [2.05, 4.69) is 50.2 Å². The molecule has 35 heavy (non-hydrogen) atoms. The largest absolute Gasteiger partial charge is 0.364 e. The van der Waals surface area contributed by atoms with Crippen LogP contribution in [0, 0.1) is 6.92 Å². The van der Waals surface area contributed by atoms with E-state index < -0.39 is 10.0 Å². The van der Waals surface area contributed by atoms with Crippen molar-refractivity contribution in [3.8, 4) is 11.1 Å². The average molecular weight is 488 g/mol. The van der Waals surface area contributed by atoms with Gasteiger partial charge in [-0.2, -0.15) is 4.31 Å². The third-order valence-electron chi connectivity index (χ3n) is 6.43. The van der Waals surface area contributed by atoms with Gasteiger partial charge in [-0.05, 0) is 53.8 Å². The van der Waals surface area contributed by atoms with Gasteiger partial charge in [-0.25, -0.2) is 13.4 Å². The van der Waals surface area contributed by atoms with Crippen LogP contribution in [-0.4, -0.2) is 46.5 Å². The molecule has 0 spiro atoms. The van der Waals surface area contributed by atoms with Crippen LogP contribution in [-0.2, 0) is 29.5 Å². The van der Waals surface area contributed by atoms with Crippen molar-refractivity contribution in [2.24, 2.45) is 0 Å². The number of hydrogen-bond donors (Lipinski definition) is 1. The lowest BCUT2D eigenvalue weighted by Crippen LogP contribution is -2.45. The number of H-pyrrole nitrogens is 1. The Morgan fingerprint density at radius 2 is 1.86 bits per heavy atom. The first kappa shape index (κ1) is 23.3. The summed E-state index contributed by atoms with van der Waals surface area (Å²) in [5.74, 6) is 0.860. The molecule has 4 aromatic rings. The van der Waals surface area contributed by atoms with E-state index in [0.29, 0.717) is 26.1 Å². The number of fused-ring (bicyclic) bond motifs is 1. The summed E-state index contributed by atoms with van der Waals surface area (Å²) < 4.78 is 27.7. The summed E-state index contributed by atoms with van der Waals surface area (Å²) >= 11 is 0. The van der Waals surface area contributed by atoms with E-state index >= 15 is 0 Å². The lowest BCUT2D eigenvalue weighted by Gasteiger charge is -2.31. The molecule has 1 unspecified atom stereocenters. The van der Waals surface area contributed by atoms with Crippen molar-refractivity contribution in [3.05, 3.63) is 102 Å². The Labute approximate surface area is 206 Å². The van der Waals surface area contributed by atoms with E-state index in [1.54, 1.807) is 10.5 Å². The quantitative estimate of drug-likeness (QED) is 0.441. The number of rotatable bonds is 6. The van der Waals surface area contributed by atoms with Crippen molar-refractivity contribution in [1.82, 2.24) is 19.3 Å². The van der Waals surface area contributed by atoms with Gasteiger partial charge in [0.2, 0.25) is 10.0 Å². The summed E-state index contributed by atoms with van der Waals surface area (Å²) in [6.45, 7) is 3.41. The predicted octanol–water partition coefficient (Wildman–Crippen LogP) is 4.17. The van der Waals surface area contributed by atoms with Crippen LogP contribution in [0.4, 0.5) is 5.69 Å². The minimum Gasteiger partial charge on any atom is -0.364 e. The van der Waals surface area contributed by atoms with Crippen LogP contribution in [0.25, 0.3) is 11.1 Å². The van der Waals surface area contributed by atoms with E-state index in [1.807, 2.05) is 49.6 Å². The minimum absolute atomic E-state index is 0.245. The first-order valence-corrected chi connectivity index (χ1v) is 13.5. The lowest BCUT2D eigenvalue weighted by molar-refractivity contribution is 0.320. The Hall–Kier alpha value is -3.49. The van der Waals surface area contributed by atoms with Gasteiger partial charge in [-0.15, -0.1) is 0 Å². The number of pyridine rings is 1. The van der Waals surface area contributed by atoms with Crippen LogP contribution in [0.1, 0.15) is 22.6 Å². The van der Waals surface area contributed by atoms with Crippen molar-refractivity contribution < 1.29 is 8.42 Å². The lowest BCUT2D eigenvalue weighted by atomic mass is 10.0. The van der Waals surface area contributed by atoms with Gasteiger partial charge >= 0.3 is 0 Å². The standard InChI is InChI=1S/C27H29N5O2S/c1-20-29-16-25(30-20)18-31-19-26(13-21-7-6-12-28-15-21)32(35(2,33)34)17-24-14-23(10-11-27(24)31)22-8-4-3-5-9-22/h3-12,14-16,26H,13,17-19H2,1-2H3,(H,29,30). The van der Waals surface area contributed by atoms with E-state index in [4.69, 9.17) is 0 Å². The van der Waals surface area contributed by atoms with Gasteiger partial charge in [0.1, 0.15) is 5.82 Å². The van der Waals surface area contributed by atoms with Crippen molar-refractivity contribution in [1.29, 1.82) is 0 Å². The second-order valence-electron chi connectivity index (χ2n) is 9.11. The maximum atomic E-state index is 13.0. The highest BCUT2D eigenvalue weighted by atomic mass is 32.2. The summed E-state index contributed by atoms with van der Waals surface area (Å²) in [4.78, 5) is 14.2. The zero-order chi connectivity index (χ0) is 24.4. The molecule has 3 heterocycles. The Bertz CT molecular complexity index is 1400. The summed E-state index contributed by atoms with van der Waals surface area (Å²) in [7, 11) is -3.46. The van der Waals surface area contributed by atoms with Gasteiger partial charge in [-0.1, -0.05) is 42.5 Å². The van der Waals surface area contributed by atoms with E-state index in [0.717, 1.165) is 39.5 Å². The van der Waals surface area contributed by atoms with Gasteiger partial charge in [0, 0.05) is 37.2 Å². The van der Waals surface area contributed by atoms with Crippen molar-refractivity contribution in [2.45, 2.75) is 32.5 Å². The average Bonchev–Trinajstić information content (AvgIpc) is 3.19. The summed E-state index contributed by atoms with van der Waals surface area (Å²) in [6, 6.07) is 20.2. The molecule has 1 aliphatic rings. The third kappa shape index (κ3) is 5.28. The zero-order valence-corrected chi connectivity index (χ0v) is 20.7. The number of sulfonamides is 1. The van der Waals surface area contributed by atoms with Crippen LogP contribution < -0.4 is 4.90 Å². The minimum atomic E-state index is -3.46. The highest BCUT2D eigenvalue weighted by Crippen LogP contribution is 2.34. The molecule has 2 aromatic heterocycles. The molecule has 0 saturated heterocycles. The summed E-state index contributed by atoms with van der Waals surface area (Å²) in [6.07, 6.45) is 7.28. The summed E-state index contributed by atoms with van der Waals surface area (Å²) in [5, 5.41) is 0. The molecular formula is C27H29N5O2S. The Morgan fingerprint density at radius 1 is 1.03 bits per heavy atom. The molecule has 0 aliphatic carbocycles. The Kier molecular flexibility index (Phi) is 6.40. The number of nitrogens with one attached hydrogen (secondary N) is 1. The van der Waals surface area contributed by atoms with Crippen molar-refractivity contribution in [2.75, 3.05) is 17.7 Å². The number of aryl methyl sites for hydroxylation is 1. The normalized spacial score (nSPS) is 16.6. The molecular weight excluding hydrogens is 458 g/mol. The monoisotopic (exact) mass is 487 g/mol. The first-order valence-electron chi connectivity index (χ1n) is 11.7. The van der Waals surface area contributed by atoms with Gasteiger partial charge in [0.05, 0.1) is 24.7 Å². The first-order chi connectivity index (χ1) is 16.9. The molecule has 0 fully saturated rings. The van der Waals surface area contributed by atoms with Crippen LogP contribution in [0.5, 0.6) is 0 Å². The number of benzene rings is 2. The number of imidazole rings is 1. The van der Waals surface area contributed by atoms with E-state index in [1.165, 1.54) is 6.26 Å². The van der Waals surface area contributed by atoms with Crippen LogP contribution >= 0.6 is 0 Å². The van der Waals surface area contributed by atoms with Crippen LogP contribution in [0.3, 0.4) is 0 Å². The molecule has 1 atom stereocenters. The molecule has 2 aromatic carbocycles. The third-order valence-corrected chi connectivity index (χ3v) is 7.71. The fourth-order valence-electron chi connectivity index (χ4n) is 4.82. The van der Waals surface area contributed by atoms with Gasteiger partial charge < -0.3 is 9.88 Å². The second-order valence-corrected chi connectivity index (χ2v) is 11.0. The van der Waals surface area contributed by atoms with Crippen LogP contribution in [0.2, 0.25) is 0 Å². The molecule has 180 valence electrons. The van der Waals surface area contributed by atoms with Crippen molar-refractivity contribution in [3.63, 3.8) is 0 Å². The maximum absolute atomic E-state index is 13.0. The smallest absolute Gasteiger partial charge is 0.211 e. The number of nitrogens with zero attached hydrogens (tertiary/aromatic N) is 4. The molecule has 8 heteroatoms.